The Morgan fingerprint density at radius 3 is 2.50 bits per heavy atom. The molecule has 5 heteroatoms. The first-order valence-corrected chi connectivity index (χ1v) is 6.69. The maximum Gasteiger partial charge on any atom is 0.310 e. The van der Waals surface area contributed by atoms with Crippen LogP contribution in [0, 0.1) is 11.8 Å². The maximum absolute atomic E-state index is 12.0. The van der Waals surface area contributed by atoms with E-state index in [4.69, 9.17) is 4.74 Å². The summed E-state index contributed by atoms with van der Waals surface area (Å²) in [4.78, 5) is 27.6. The number of rotatable bonds is 3. The van der Waals surface area contributed by atoms with Gasteiger partial charge in [0, 0.05) is 26.2 Å². The van der Waals surface area contributed by atoms with E-state index in [1.54, 1.807) is 0 Å². The van der Waals surface area contributed by atoms with Gasteiger partial charge >= 0.3 is 5.97 Å². The van der Waals surface area contributed by atoms with E-state index in [9.17, 15) is 9.59 Å². The normalized spacial score (nSPS) is 28.7. The summed E-state index contributed by atoms with van der Waals surface area (Å²) in [5, 5.41) is 0. The highest BCUT2D eigenvalue weighted by Gasteiger charge is 2.36. The predicted octanol–water partition coefficient (Wildman–Crippen LogP) is 0.350. The second-order valence-corrected chi connectivity index (χ2v) is 5.39. The number of carbonyl (C=O) groups is 2. The number of hydrogen-bond donors (Lipinski definition) is 0. The van der Waals surface area contributed by atoms with Gasteiger partial charge in [0.05, 0.1) is 19.6 Å². The monoisotopic (exact) mass is 254 g/mol. The van der Waals surface area contributed by atoms with Gasteiger partial charge in [-0.1, -0.05) is 6.92 Å². The second-order valence-electron chi connectivity index (χ2n) is 5.39. The molecule has 0 aromatic rings. The molecule has 2 aliphatic heterocycles. The van der Waals surface area contributed by atoms with Crippen molar-refractivity contribution in [3.05, 3.63) is 0 Å². The number of nitrogens with zero attached hydrogens (tertiary/aromatic N) is 2. The highest BCUT2D eigenvalue weighted by molar-refractivity contribution is 5.79. The summed E-state index contributed by atoms with van der Waals surface area (Å²) in [7, 11) is 1.42. The molecule has 5 nitrogen and oxygen atoms in total. The highest BCUT2D eigenvalue weighted by Crippen LogP contribution is 2.24. The molecule has 0 saturated carbocycles. The first-order chi connectivity index (χ1) is 8.61. The Morgan fingerprint density at radius 1 is 1.22 bits per heavy atom. The van der Waals surface area contributed by atoms with Gasteiger partial charge in [-0.15, -0.1) is 0 Å². The van der Waals surface area contributed by atoms with E-state index >= 15 is 0 Å². The third-order valence-corrected chi connectivity index (χ3v) is 4.01. The van der Waals surface area contributed by atoms with Crippen molar-refractivity contribution >= 4 is 11.9 Å². The van der Waals surface area contributed by atoms with Crippen molar-refractivity contribution in [2.45, 2.75) is 19.8 Å². The number of esters is 1. The predicted molar refractivity (Wildman–Crippen MR) is 66.9 cm³/mol. The van der Waals surface area contributed by atoms with Gasteiger partial charge in [-0.2, -0.15) is 0 Å². The van der Waals surface area contributed by atoms with Crippen LogP contribution < -0.4 is 0 Å². The van der Waals surface area contributed by atoms with E-state index in [1.165, 1.54) is 7.11 Å². The molecule has 0 aromatic carbocycles. The molecule has 0 aliphatic carbocycles. The van der Waals surface area contributed by atoms with Crippen molar-refractivity contribution < 1.29 is 14.3 Å². The standard InChI is InChI=1S/C13H22N2O3/c1-10-7-14(8-11(10)13(17)18-2)9-12(16)15-5-3-4-6-15/h10-11H,3-9H2,1-2H3. The molecule has 0 bridgehead atoms. The molecule has 102 valence electrons. The largest absolute Gasteiger partial charge is 0.469 e. The molecule has 0 N–H and O–H groups in total. The second kappa shape index (κ2) is 5.69. The molecule has 2 aliphatic rings. The Balaban J connectivity index is 1.84. The lowest BCUT2D eigenvalue weighted by atomic mass is 9.99. The zero-order chi connectivity index (χ0) is 13.1. The van der Waals surface area contributed by atoms with Crippen molar-refractivity contribution in [2.75, 3.05) is 39.8 Å². The van der Waals surface area contributed by atoms with Crippen LogP contribution in [0.2, 0.25) is 0 Å². The van der Waals surface area contributed by atoms with E-state index in [1.807, 2.05) is 11.8 Å². The first-order valence-electron chi connectivity index (χ1n) is 6.69. The fourth-order valence-corrected chi connectivity index (χ4v) is 2.91. The SMILES string of the molecule is COC(=O)C1CN(CC(=O)N2CCCC2)CC1C. The van der Waals surface area contributed by atoms with Gasteiger partial charge < -0.3 is 9.64 Å². The zero-order valence-corrected chi connectivity index (χ0v) is 11.2. The van der Waals surface area contributed by atoms with Crippen LogP contribution in [0.25, 0.3) is 0 Å². The molecule has 2 unspecified atom stereocenters. The van der Waals surface area contributed by atoms with Gasteiger partial charge in [-0.25, -0.2) is 0 Å². The van der Waals surface area contributed by atoms with Gasteiger partial charge in [0.2, 0.25) is 5.91 Å². The van der Waals surface area contributed by atoms with Crippen molar-refractivity contribution in [3.8, 4) is 0 Å². The van der Waals surface area contributed by atoms with Gasteiger partial charge in [0.1, 0.15) is 0 Å². The molecule has 2 atom stereocenters. The Labute approximate surface area is 108 Å². The van der Waals surface area contributed by atoms with Crippen molar-refractivity contribution in [1.82, 2.24) is 9.80 Å². The number of amides is 1. The van der Waals surface area contributed by atoms with Gasteiger partial charge in [-0.3, -0.25) is 14.5 Å². The van der Waals surface area contributed by atoms with E-state index < -0.39 is 0 Å². The van der Waals surface area contributed by atoms with E-state index in [-0.39, 0.29) is 23.7 Å². The lowest BCUT2D eigenvalue weighted by molar-refractivity contribution is -0.146. The lowest BCUT2D eigenvalue weighted by Crippen LogP contribution is -2.38. The quantitative estimate of drug-likeness (QED) is 0.682. The molecule has 0 radical (unpaired) electrons. The molecular formula is C13H22N2O3. The summed E-state index contributed by atoms with van der Waals surface area (Å²) in [6, 6.07) is 0. The van der Waals surface area contributed by atoms with Crippen LogP contribution in [0.3, 0.4) is 0 Å². The van der Waals surface area contributed by atoms with Gasteiger partial charge in [0.15, 0.2) is 0 Å². The molecule has 2 fully saturated rings. The number of carbonyl (C=O) groups excluding carboxylic acids is 2. The highest BCUT2D eigenvalue weighted by atomic mass is 16.5. The van der Waals surface area contributed by atoms with Crippen molar-refractivity contribution in [1.29, 1.82) is 0 Å². The van der Waals surface area contributed by atoms with Crippen LogP contribution >= 0.6 is 0 Å². The minimum absolute atomic E-state index is 0.0821. The molecular weight excluding hydrogens is 232 g/mol. The van der Waals surface area contributed by atoms with Crippen LogP contribution in [0.4, 0.5) is 0 Å². The molecule has 1 amide bonds. The summed E-state index contributed by atoms with van der Waals surface area (Å²) in [5.74, 6) is 0.231. The van der Waals surface area contributed by atoms with Crippen LogP contribution in [0.1, 0.15) is 19.8 Å². The first kappa shape index (κ1) is 13.3. The molecule has 0 aromatic heterocycles. The topological polar surface area (TPSA) is 49.9 Å². The third-order valence-electron chi connectivity index (χ3n) is 4.01. The number of likely N-dealkylation sites (tertiary alicyclic amines) is 2. The van der Waals surface area contributed by atoms with E-state index in [2.05, 4.69) is 4.90 Å². The fraction of sp³-hybridized carbons (Fsp3) is 0.846. The van der Waals surface area contributed by atoms with Crippen LogP contribution in [0.5, 0.6) is 0 Å². The average Bonchev–Trinajstić information content (AvgIpc) is 2.97. The molecule has 2 heterocycles. The summed E-state index contributed by atoms with van der Waals surface area (Å²) >= 11 is 0. The molecule has 18 heavy (non-hydrogen) atoms. The van der Waals surface area contributed by atoms with Crippen LogP contribution in [-0.2, 0) is 14.3 Å². The third kappa shape index (κ3) is 2.83. The number of methoxy groups -OCH3 is 1. The smallest absolute Gasteiger partial charge is 0.310 e. The van der Waals surface area contributed by atoms with Crippen LogP contribution in [-0.4, -0.2) is 61.5 Å². The minimum atomic E-state index is -0.154. The summed E-state index contributed by atoms with van der Waals surface area (Å²) in [6.45, 7) is 5.72. The maximum atomic E-state index is 12.0. The Kier molecular flexibility index (Phi) is 4.22. The number of hydrogen-bond acceptors (Lipinski definition) is 4. The summed E-state index contributed by atoms with van der Waals surface area (Å²) in [6.07, 6.45) is 2.24. The van der Waals surface area contributed by atoms with E-state index in [0.717, 1.165) is 32.5 Å². The Hall–Kier alpha value is -1.10. The Morgan fingerprint density at radius 2 is 1.89 bits per heavy atom. The van der Waals surface area contributed by atoms with Gasteiger partial charge in [-0.05, 0) is 18.8 Å². The lowest BCUT2D eigenvalue weighted by Gasteiger charge is -2.20. The zero-order valence-electron chi connectivity index (χ0n) is 11.2. The minimum Gasteiger partial charge on any atom is -0.469 e. The fourth-order valence-electron chi connectivity index (χ4n) is 2.91. The number of ether oxygens (including phenoxy) is 1. The average molecular weight is 254 g/mol. The molecule has 2 rings (SSSR count). The van der Waals surface area contributed by atoms with Crippen molar-refractivity contribution in [3.63, 3.8) is 0 Å². The summed E-state index contributed by atoms with van der Waals surface area (Å²) < 4.78 is 4.80. The summed E-state index contributed by atoms with van der Waals surface area (Å²) in [5.41, 5.74) is 0. The van der Waals surface area contributed by atoms with Crippen LogP contribution in [0.15, 0.2) is 0 Å². The van der Waals surface area contributed by atoms with E-state index in [0.29, 0.717) is 13.1 Å². The molecule has 2 saturated heterocycles. The Bertz CT molecular complexity index is 326. The molecule has 0 spiro atoms. The van der Waals surface area contributed by atoms with Gasteiger partial charge in [0.25, 0.3) is 0 Å². The van der Waals surface area contributed by atoms with Crippen molar-refractivity contribution in [2.24, 2.45) is 11.8 Å².